The van der Waals surface area contributed by atoms with Crippen LogP contribution in [0.5, 0.6) is 17.2 Å². The zero-order valence-electron chi connectivity index (χ0n) is 26.5. The van der Waals surface area contributed by atoms with Crippen LogP contribution >= 0.6 is 39.3 Å². The number of thioether (sulfide) groups is 1. The molecule has 0 aliphatic carbocycles. The molecule has 1 amide bonds. The predicted molar refractivity (Wildman–Crippen MR) is 193 cm³/mol. The molecule has 1 atom stereocenters. The van der Waals surface area contributed by atoms with Crippen LogP contribution < -0.4 is 24.8 Å². The zero-order chi connectivity index (χ0) is 33.6. The van der Waals surface area contributed by atoms with Gasteiger partial charge in [-0.15, -0.1) is 5.10 Å². The Morgan fingerprint density at radius 1 is 1.00 bits per heavy atom. The van der Waals surface area contributed by atoms with Crippen molar-refractivity contribution in [1.29, 1.82) is 0 Å². The smallest absolute Gasteiger partial charge is 0.255 e. The van der Waals surface area contributed by atoms with Crippen LogP contribution in [0.2, 0.25) is 5.02 Å². The Morgan fingerprint density at radius 3 is 2.60 bits per heavy atom. The summed E-state index contributed by atoms with van der Waals surface area (Å²) in [6.07, 6.45) is 0. The summed E-state index contributed by atoms with van der Waals surface area (Å²) in [5.74, 6) is 2.47. The molecule has 2 heterocycles. The number of anilines is 2. The predicted octanol–water partition coefficient (Wildman–Crippen LogP) is 8.90. The van der Waals surface area contributed by atoms with E-state index in [1.807, 2.05) is 105 Å². The minimum atomic E-state index is -0.643. The fraction of sp³-hybridized carbons (Fsp3) is 0.194. The van der Waals surface area contributed by atoms with Crippen LogP contribution in [-0.4, -0.2) is 34.4 Å². The number of para-hydroxylation sites is 2. The summed E-state index contributed by atoms with van der Waals surface area (Å²) < 4.78 is 20.5. The van der Waals surface area contributed by atoms with E-state index in [1.165, 1.54) is 11.8 Å². The molecule has 0 saturated carbocycles. The van der Waals surface area contributed by atoms with Crippen LogP contribution in [0.1, 0.15) is 36.6 Å². The Bertz CT molecular complexity index is 1980. The van der Waals surface area contributed by atoms with E-state index in [2.05, 4.69) is 26.6 Å². The average Bonchev–Trinajstić information content (AvgIpc) is 3.49. The van der Waals surface area contributed by atoms with E-state index in [9.17, 15) is 4.79 Å². The van der Waals surface area contributed by atoms with Crippen molar-refractivity contribution in [2.75, 3.05) is 24.4 Å². The van der Waals surface area contributed by atoms with Crippen molar-refractivity contribution in [3.8, 4) is 17.2 Å². The summed E-state index contributed by atoms with van der Waals surface area (Å²) in [5, 5.41) is 12.5. The van der Waals surface area contributed by atoms with Gasteiger partial charge in [0.1, 0.15) is 18.4 Å². The first-order chi connectivity index (χ1) is 23.3. The van der Waals surface area contributed by atoms with Crippen LogP contribution in [0.15, 0.2) is 112 Å². The number of halogens is 2. The van der Waals surface area contributed by atoms with Gasteiger partial charge in [0.25, 0.3) is 5.91 Å². The van der Waals surface area contributed by atoms with Gasteiger partial charge in [0.15, 0.2) is 11.5 Å². The maximum Gasteiger partial charge on any atom is 0.255 e. The monoisotopic (exact) mass is 745 g/mol. The number of aromatic nitrogens is 3. The molecule has 9 nitrogen and oxygen atoms in total. The topological polar surface area (TPSA) is 99.5 Å². The standard InChI is InChI=1S/C36H33BrClN5O4S/c1-4-46-29-15-8-7-14-28(29)40-34(44)32-22(2)39-35-41-36(48-21-25-11-5-6-13-27(25)38)42-43(35)33(32)24-16-17-30(31(19-24)45-3)47-20-23-10-9-12-26(37)18-23/h5-19,33H,4,20-21H2,1-3H3,(H,40,44)(H,39,41,42). The number of ether oxygens (including phenoxy) is 3. The normalized spacial score (nSPS) is 13.8. The third-order valence-electron chi connectivity index (χ3n) is 7.61. The number of hydrogen-bond donors (Lipinski definition) is 2. The Kier molecular flexibility index (Phi) is 10.6. The molecule has 48 heavy (non-hydrogen) atoms. The lowest BCUT2D eigenvalue weighted by Crippen LogP contribution is -2.31. The Morgan fingerprint density at radius 2 is 1.81 bits per heavy atom. The van der Waals surface area contributed by atoms with Crippen LogP contribution in [0.4, 0.5) is 11.6 Å². The van der Waals surface area contributed by atoms with Crippen molar-refractivity contribution in [2.45, 2.75) is 37.4 Å². The molecule has 0 bridgehead atoms. The number of carbonyl (C=O) groups is 1. The molecule has 5 aromatic rings. The lowest BCUT2D eigenvalue weighted by molar-refractivity contribution is -0.113. The molecule has 1 aromatic heterocycles. The van der Waals surface area contributed by atoms with Gasteiger partial charge in [0, 0.05) is 20.9 Å². The highest BCUT2D eigenvalue weighted by molar-refractivity contribution is 9.10. The van der Waals surface area contributed by atoms with Crippen molar-refractivity contribution in [1.82, 2.24) is 14.8 Å². The number of carbonyl (C=O) groups excluding carboxylic acids is 1. The van der Waals surface area contributed by atoms with E-state index in [4.69, 9.17) is 35.9 Å². The molecule has 0 radical (unpaired) electrons. The maximum atomic E-state index is 14.2. The summed E-state index contributed by atoms with van der Waals surface area (Å²) in [5.41, 5.74) is 4.42. The number of hydrogen-bond acceptors (Lipinski definition) is 8. The van der Waals surface area contributed by atoms with E-state index >= 15 is 0 Å². The minimum absolute atomic E-state index is 0.308. The van der Waals surface area contributed by atoms with Gasteiger partial charge < -0.3 is 24.8 Å². The highest BCUT2D eigenvalue weighted by Crippen LogP contribution is 2.41. The molecule has 1 aliphatic heterocycles. The van der Waals surface area contributed by atoms with Gasteiger partial charge in [0.2, 0.25) is 11.1 Å². The van der Waals surface area contributed by atoms with E-state index in [0.29, 0.717) is 69.3 Å². The molecule has 1 unspecified atom stereocenters. The van der Waals surface area contributed by atoms with Crippen molar-refractivity contribution < 1.29 is 19.0 Å². The second kappa shape index (κ2) is 15.2. The largest absolute Gasteiger partial charge is 0.493 e. The summed E-state index contributed by atoms with van der Waals surface area (Å²) >= 11 is 11.4. The van der Waals surface area contributed by atoms with Crippen LogP contribution in [-0.2, 0) is 17.2 Å². The molecule has 1 aliphatic rings. The van der Waals surface area contributed by atoms with Crippen LogP contribution in [0.25, 0.3) is 0 Å². The molecular formula is C36H33BrClN5O4S. The van der Waals surface area contributed by atoms with Crippen LogP contribution in [0, 0.1) is 0 Å². The molecule has 246 valence electrons. The molecule has 4 aromatic carbocycles. The summed E-state index contributed by atoms with van der Waals surface area (Å²) in [4.78, 5) is 19.0. The summed E-state index contributed by atoms with van der Waals surface area (Å²) in [6, 6.07) is 28.0. The van der Waals surface area contributed by atoms with Gasteiger partial charge in [-0.3, -0.25) is 4.79 Å². The molecule has 0 fully saturated rings. The second-order valence-corrected chi connectivity index (χ2v) is 13.1. The van der Waals surface area contributed by atoms with Gasteiger partial charge in [-0.25, -0.2) is 4.68 Å². The number of methoxy groups -OCH3 is 1. The average molecular weight is 747 g/mol. The molecule has 12 heteroatoms. The Labute approximate surface area is 296 Å². The lowest BCUT2D eigenvalue weighted by atomic mass is 9.94. The van der Waals surface area contributed by atoms with Gasteiger partial charge in [-0.1, -0.05) is 87.8 Å². The van der Waals surface area contributed by atoms with Gasteiger partial charge in [-0.05, 0) is 73.0 Å². The van der Waals surface area contributed by atoms with E-state index in [1.54, 1.807) is 11.8 Å². The maximum absolute atomic E-state index is 14.2. The molecule has 0 spiro atoms. The van der Waals surface area contributed by atoms with Crippen molar-refractivity contribution in [3.63, 3.8) is 0 Å². The van der Waals surface area contributed by atoms with E-state index in [-0.39, 0.29) is 5.91 Å². The van der Waals surface area contributed by atoms with Crippen molar-refractivity contribution >= 4 is 56.8 Å². The Hall–Kier alpha value is -4.45. The van der Waals surface area contributed by atoms with Gasteiger partial charge in [-0.2, -0.15) is 4.98 Å². The number of nitrogens with zero attached hydrogens (tertiary/aromatic N) is 3. The molecular weight excluding hydrogens is 714 g/mol. The molecule has 2 N–H and O–H groups in total. The fourth-order valence-corrected chi connectivity index (χ4v) is 6.92. The molecule has 0 saturated heterocycles. The number of amides is 1. The first-order valence-corrected chi connectivity index (χ1v) is 17.4. The highest BCUT2D eigenvalue weighted by atomic mass is 79.9. The Balaban J connectivity index is 1.35. The van der Waals surface area contributed by atoms with E-state index < -0.39 is 6.04 Å². The summed E-state index contributed by atoms with van der Waals surface area (Å²) in [6.45, 7) is 4.58. The van der Waals surface area contributed by atoms with E-state index in [0.717, 1.165) is 21.2 Å². The quantitative estimate of drug-likeness (QED) is 0.122. The number of benzene rings is 4. The van der Waals surface area contributed by atoms with Gasteiger partial charge >= 0.3 is 0 Å². The third-order valence-corrected chi connectivity index (χ3v) is 9.36. The lowest BCUT2D eigenvalue weighted by Gasteiger charge is -2.29. The summed E-state index contributed by atoms with van der Waals surface area (Å²) in [7, 11) is 1.59. The van der Waals surface area contributed by atoms with Crippen LogP contribution in [0.3, 0.4) is 0 Å². The SMILES string of the molecule is CCOc1ccccc1NC(=O)C1=C(C)Nc2nc(SCc3ccccc3Cl)nn2C1c1ccc(OCc2cccc(Br)c2)c(OC)c1. The number of nitrogens with one attached hydrogen (secondary N) is 2. The fourth-order valence-electron chi connectivity index (χ4n) is 5.35. The highest BCUT2D eigenvalue weighted by Gasteiger charge is 2.35. The minimum Gasteiger partial charge on any atom is -0.493 e. The number of rotatable bonds is 12. The number of allylic oxidation sites excluding steroid dienone is 1. The van der Waals surface area contributed by atoms with Crippen molar-refractivity contribution in [2.24, 2.45) is 0 Å². The first kappa shape index (κ1) is 33.5. The second-order valence-electron chi connectivity index (χ2n) is 10.8. The third kappa shape index (κ3) is 7.48. The number of fused-ring (bicyclic) bond motifs is 1. The molecule has 6 rings (SSSR count). The first-order valence-electron chi connectivity index (χ1n) is 15.2. The van der Waals surface area contributed by atoms with Crippen molar-refractivity contribution in [3.05, 3.63) is 128 Å². The zero-order valence-corrected chi connectivity index (χ0v) is 29.7. The van der Waals surface area contributed by atoms with Gasteiger partial charge in [0.05, 0.1) is 25.0 Å².